The Morgan fingerprint density at radius 2 is 2.05 bits per heavy atom. The monoisotopic (exact) mass is 323 g/mol. The van der Waals surface area contributed by atoms with Crippen LogP contribution in [0.15, 0.2) is 41.0 Å². The van der Waals surface area contributed by atoms with Gasteiger partial charge >= 0.3 is 6.03 Å². The fourth-order valence-corrected chi connectivity index (χ4v) is 1.66. The lowest BCUT2D eigenvalue weighted by molar-refractivity contribution is 0.262. The number of aryl methyl sites for hydroxylation is 1. The molecule has 0 saturated carbocycles. The summed E-state index contributed by atoms with van der Waals surface area (Å²) in [4.78, 5) is 15.7. The molecule has 1 aromatic carbocycles. The predicted octanol–water partition coefficient (Wildman–Crippen LogP) is 3.94. The second kappa shape index (κ2) is 5.79. The van der Waals surface area contributed by atoms with Gasteiger partial charge in [0.25, 0.3) is 0 Å². The summed E-state index contributed by atoms with van der Waals surface area (Å²) in [6.07, 6.45) is 1.59. The number of aromatic nitrogens is 1. The average molecular weight is 324 g/mol. The van der Waals surface area contributed by atoms with Gasteiger partial charge in [0, 0.05) is 10.7 Å². The van der Waals surface area contributed by atoms with Gasteiger partial charge in [-0.25, -0.2) is 14.2 Å². The number of halogens is 2. The zero-order chi connectivity index (χ0) is 13.8. The van der Waals surface area contributed by atoms with E-state index in [0.29, 0.717) is 5.82 Å². The third-order valence-electron chi connectivity index (χ3n) is 2.41. The molecular formula is C13H11BrFN3O. The van der Waals surface area contributed by atoms with E-state index in [-0.39, 0.29) is 5.69 Å². The number of benzene rings is 1. The first-order valence-corrected chi connectivity index (χ1v) is 6.30. The molecule has 4 nitrogen and oxygen atoms in total. The van der Waals surface area contributed by atoms with Crippen LogP contribution in [0.4, 0.5) is 20.7 Å². The SMILES string of the molecule is Cc1cc(NC(=O)Nc2ccccc2F)ncc1Br. The molecule has 6 heteroatoms. The van der Waals surface area contributed by atoms with Gasteiger partial charge in [0.2, 0.25) is 0 Å². The fourth-order valence-electron chi connectivity index (χ4n) is 1.44. The number of carbonyl (C=O) groups is 1. The Kier molecular flexibility index (Phi) is 4.11. The molecule has 0 bridgehead atoms. The van der Waals surface area contributed by atoms with Gasteiger partial charge in [-0.15, -0.1) is 0 Å². The molecule has 0 fully saturated rings. The van der Waals surface area contributed by atoms with Crippen molar-refractivity contribution in [2.75, 3.05) is 10.6 Å². The summed E-state index contributed by atoms with van der Waals surface area (Å²) in [6.45, 7) is 1.88. The zero-order valence-corrected chi connectivity index (χ0v) is 11.7. The summed E-state index contributed by atoms with van der Waals surface area (Å²) in [5.74, 6) is -0.0906. The van der Waals surface area contributed by atoms with Gasteiger partial charge in [0.05, 0.1) is 5.69 Å². The van der Waals surface area contributed by atoms with Crippen molar-refractivity contribution in [3.63, 3.8) is 0 Å². The highest BCUT2D eigenvalue weighted by Gasteiger charge is 2.07. The maximum absolute atomic E-state index is 13.3. The van der Waals surface area contributed by atoms with Crippen molar-refractivity contribution in [2.45, 2.75) is 6.92 Å². The summed E-state index contributed by atoms with van der Waals surface area (Å²) < 4.78 is 14.2. The number of hydrogen-bond acceptors (Lipinski definition) is 2. The first kappa shape index (κ1) is 13.5. The highest BCUT2D eigenvalue weighted by atomic mass is 79.9. The van der Waals surface area contributed by atoms with Crippen LogP contribution < -0.4 is 10.6 Å². The van der Waals surface area contributed by atoms with E-state index in [1.54, 1.807) is 24.4 Å². The molecule has 0 aliphatic carbocycles. The molecule has 2 amide bonds. The normalized spacial score (nSPS) is 10.1. The molecule has 98 valence electrons. The second-order valence-corrected chi connectivity index (χ2v) is 4.73. The molecule has 2 aromatic rings. The fraction of sp³-hybridized carbons (Fsp3) is 0.0769. The molecule has 0 radical (unpaired) electrons. The lowest BCUT2D eigenvalue weighted by atomic mass is 10.3. The summed E-state index contributed by atoms with van der Waals surface area (Å²) in [5, 5.41) is 4.95. The van der Waals surface area contributed by atoms with Gasteiger partial charge in [-0.05, 0) is 46.6 Å². The Morgan fingerprint density at radius 3 is 2.74 bits per heavy atom. The number of anilines is 2. The smallest absolute Gasteiger partial charge is 0.305 e. The number of hydrogen-bond donors (Lipinski definition) is 2. The second-order valence-electron chi connectivity index (χ2n) is 3.88. The van der Waals surface area contributed by atoms with Crippen LogP contribution in [-0.2, 0) is 0 Å². The summed E-state index contributed by atoms with van der Waals surface area (Å²) >= 11 is 3.32. The van der Waals surface area contributed by atoms with Crippen molar-refractivity contribution < 1.29 is 9.18 Å². The number of carbonyl (C=O) groups excluding carboxylic acids is 1. The van der Waals surface area contributed by atoms with Crippen molar-refractivity contribution in [2.24, 2.45) is 0 Å². The van der Waals surface area contributed by atoms with Gasteiger partial charge in [-0.2, -0.15) is 0 Å². The van der Waals surface area contributed by atoms with Crippen LogP contribution in [0.5, 0.6) is 0 Å². The third kappa shape index (κ3) is 3.51. The molecule has 2 N–H and O–H groups in total. The van der Waals surface area contributed by atoms with E-state index in [1.165, 1.54) is 12.1 Å². The van der Waals surface area contributed by atoms with Crippen LogP contribution in [-0.4, -0.2) is 11.0 Å². The van der Waals surface area contributed by atoms with E-state index < -0.39 is 11.8 Å². The first-order valence-electron chi connectivity index (χ1n) is 5.51. The number of nitrogens with one attached hydrogen (secondary N) is 2. The van der Waals surface area contributed by atoms with Crippen LogP contribution in [0, 0.1) is 12.7 Å². The number of para-hydroxylation sites is 1. The van der Waals surface area contributed by atoms with Gasteiger partial charge in [-0.3, -0.25) is 5.32 Å². The predicted molar refractivity (Wildman–Crippen MR) is 75.7 cm³/mol. The van der Waals surface area contributed by atoms with Gasteiger partial charge in [0.1, 0.15) is 11.6 Å². The molecule has 19 heavy (non-hydrogen) atoms. The molecule has 0 spiro atoms. The van der Waals surface area contributed by atoms with Crippen LogP contribution in [0.25, 0.3) is 0 Å². The summed E-state index contributed by atoms with van der Waals surface area (Å²) in [5.41, 5.74) is 1.06. The van der Waals surface area contributed by atoms with Crippen molar-refractivity contribution >= 4 is 33.5 Å². The van der Waals surface area contributed by atoms with Crippen molar-refractivity contribution in [3.8, 4) is 0 Å². The molecule has 0 saturated heterocycles. The largest absolute Gasteiger partial charge is 0.324 e. The van der Waals surface area contributed by atoms with Crippen molar-refractivity contribution in [3.05, 3.63) is 52.4 Å². The Hall–Kier alpha value is -1.95. The van der Waals surface area contributed by atoms with E-state index in [2.05, 4.69) is 31.5 Å². The number of rotatable bonds is 2. The van der Waals surface area contributed by atoms with E-state index in [4.69, 9.17) is 0 Å². The van der Waals surface area contributed by atoms with Crippen LogP contribution in [0.1, 0.15) is 5.56 Å². The molecule has 0 atom stereocenters. The third-order valence-corrected chi connectivity index (χ3v) is 3.24. The number of amides is 2. The molecule has 2 rings (SSSR count). The Balaban J connectivity index is 2.05. The molecule has 1 aromatic heterocycles. The minimum absolute atomic E-state index is 0.119. The molecule has 1 heterocycles. The lowest BCUT2D eigenvalue weighted by Gasteiger charge is -2.08. The highest BCUT2D eigenvalue weighted by molar-refractivity contribution is 9.10. The molecule has 0 unspecified atom stereocenters. The van der Waals surface area contributed by atoms with E-state index in [9.17, 15) is 9.18 Å². The lowest BCUT2D eigenvalue weighted by Crippen LogP contribution is -2.20. The van der Waals surface area contributed by atoms with E-state index in [0.717, 1.165) is 10.0 Å². The van der Waals surface area contributed by atoms with Crippen LogP contribution >= 0.6 is 15.9 Å². The Morgan fingerprint density at radius 1 is 1.32 bits per heavy atom. The van der Waals surface area contributed by atoms with Crippen LogP contribution in [0.3, 0.4) is 0 Å². The minimum Gasteiger partial charge on any atom is -0.305 e. The highest BCUT2D eigenvalue weighted by Crippen LogP contribution is 2.18. The Labute approximate surface area is 118 Å². The molecule has 0 aliphatic heterocycles. The zero-order valence-electron chi connectivity index (χ0n) is 10.1. The van der Waals surface area contributed by atoms with Gasteiger partial charge in [0.15, 0.2) is 0 Å². The topological polar surface area (TPSA) is 54.0 Å². The summed E-state index contributed by atoms with van der Waals surface area (Å²) in [6, 6.07) is 7.12. The van der Waals surface area contributed by atoms with Crippen molar-refractivity contribution in [1.82, 2.24) is 4.98 Å². The minimum atomic E-state index is -0.542. The van der Waals surface area contributed by atoms with Crippen molar-refractivity contribution in [1.29, 1.82) is 0 Å². The first-order chi connectivity index (χ1) is 9.06. The number of urea groups is 1. The molecular weight excluding hydrogens is 313 g/mol. The van der Waals surface area contributed by atoms with E-state index >= 15 is 0 Å². The number of pyridine rings is 1. The quantitative estimate of drug-likeness (QED) is 0.879. The van der Waals surface area contributed by atoms with Crippen LogP contribution in [0.2, 0.25) is 0 Å². The number of nitrogens with zero attached hydrogens (tertiary/aromatic N) is 1. The summed E-state index contributed by atoms with van der Waals surface area (Å²) in [7, 11) is 0. The maximum atomic E-state index is 13.3. The van der Waals surface area contributed by atoms with Gasteiger partial charge < -0.3 is 5.32 Å². The molecule has 0 aliphatic rings. The average Bonchev–Trinajstić information content (AvgIpc) is 2.37. The maximum Gasteiger partial charge on any atom is 0.324 e. The standard InChI is InChI=1S/C13H11BrFN3O/c1-8-6-12(16-7-9(8)14)18-13(19)17-11-5-3-2-4-10(11)15/h2-7H,1H3,(H2,16,17,18,19). The van der Waals surface area contributed by atoms with E-state index in [1.807, 2.05) is 6.92 Å². The van der Waals surface area contributed by atoms with Gasteiger partial charge in [-0.1, -0.05) is 12.1 Å². The Bertz CT molecular complexity index is 619.